The van der Waals surface area contributed by atoms with Crippen LogP contribution >= 0.6 is 0 Å². The quantitative estimate of drug-likeness (QED) is 0.589. The van der Waals surface area contributed by atoms with E-state index >= 15 is 0 Å². The van der Waals surface area contributed by atoms with E-state index in [1.807, 2.05) is 6.92 Å². The molecule has 1 aromatic rings. The van der Waals surface area contributed by atoms with E-state index in [0.29, 0.717) is 0 Å². The molecule has 4 nitrogen and oxygen atoms in total. The van der Waals surface area contributed by atoms with Crippen molar-refractivity contribution >= 4 is 10.1 Å². The SMILES string of the molecule is [C-]#[N+]CC[C@@H](F)COS(=O)(=O)c1ccc(C)cc1. The molecular formula is C12H14FNO3S. The van der Waals surface area contributed by atoms with E-state index in [4.69, 9.17) is 6.57 Å². The maximum absolute atomic E-state index is 13.2. The fourth-order valence-corrected chi connectivity index (χ4v) is 2.16. The highest BCUT2D eigenvalue weighted by molar-refractivity contribution is 7.86. The van der Waals surface area contributed by atoms with Crippen molar-refractivity contribution in [3.8, 4) is 0 Å². The fraction of sp³-hybridized carbons (Fsp3) is 0.417. The number of benzene rings is 1. The van der Waals surface area contributed by atoms with Gasteiger partial charge in [-0.2, -0.15) is 8.42 Å². The van der Waals surface area contributed by atoms with E-state index in [0.717, 1.165) is 5.56 Å². The molecule has 0 amide bonds. The molecular weight excluding hydrogens is 257 g/mol. The lowest BCUT2D eigenvalue weighted by atomic mass is 10.2. The largest absolute Gasteiger partial charge is 0.317 e. The molecule has 98 valence electrons. The molecule has 0 saturated carbocycles. The van der Waals surface area contributed by atoms with Gasteiger partial charge < -0.3 is 4.85 Å². The van der Waals surface area contributed by atoms with Crippen LogP contribution in [0.1, 0.15) is 12.0 Å². The Morgan fingerprint density at radius 3 is 2.56 bits per heavy atom. The molecule has 6 heteroatoms. The Labute approximate surface area is 106 Å². The number of halogens is 1. The molecule has 0 radical (unpaired) electrons. The molecule has 18 heavy (non-hydrogen) atoms. The molecule has 0 spiro atoms. The molecule has 1 rings (SSSR count). The Balaban J connectivity index is 2.60. The monoisotopic (exact) mass is 271 g/mol. The van der Waals surface area contributed by atoms with Crippen LogP contribution in [0.4, 0.5) is 4.39 Å². The van der Waals surface area contributed by atoms with Crippen molar-refractivity contribution in [2.24, 2.45) is 0 Å². The first-order chi connectivity index (χ1) is 8.45. The maximum atomic E-state index is 13.2. The predicted molar refractivity (Wildman–Crippen MR) is 65.3 cm³/mol. The fourth-order valence-electron chi connectivity index (χ4n) is 1.22. The molecule has 0 heterocycles. The van der Waals surface area contributed by atoms with E-state index in [1.54, 1.807) is 12.1 Å². The van der Waals surface area contributed by atoms with Crippen LogP contribution in [0.2, 0.25) is 0 Å². The zero-order valence-electron chi connectivity index (χ0n) is 9.97. The summed E-state index contributed by atoms with van der Waals surface area (Å²) in [6.45, 7) is 7.81. The molecule has 0 aliphatic carbocycles. The highest BCUT2D eigenvalue weighted by Gasteiger charge is 2.18. The van der Waals surface area contributed by atoms with Gasteiger partial charge in [-0.1, -0.05) is 17.7 Å². The Bertz CT molecular complexity index is 519. The normalized spacial score (nSPS) is 12.9. The van der Waals surface area contributed by atoms with Crippen LogP contribution in [0, 0.1) is 13.5 Å². The second kappa shape index (κ2) is 6.47. The summed E-state index contributed by atoms with van der Waals surface area (Å²) in [6, 6.07) is 6.11. The zero-order valence-corrected chi connectivity index (χ0v) is 10.8. The Hall–Kier alpha value is -1.45. The third-order valence-electron chi connectivity index (χ3n) is 2.27. The van der Waals surface area contributed by atoms with E-state index in [1.165, 1.54) is 12.1 Å². The van der Waals surface area contributed by atoms with Crippen molar-refractivity contribution < 1.29 is 17.0 Å². The minimum absolute atomic E-state index is 0.00507. The van der Waals surface area contributed by atoms with Gasteiger partial charge in [-0.25, -0.2) is 11.0 Å². The summed E-state index contributed by atoms with van der Waals surface area (Å²) < 4.78 is 41.1. The van der Waals surface area contributed by atoms with Gasteiger partial charge in [0.15, 0.2) is 0 Å². The van der Waals surface area contributed by atoms with Crippen molar-refractivity contribution in [2.45, 2.75) is 24.4 Å². The molecule has 0 unspecified atom stereocenters. The van der Waals surface area contributed by atoms with Crippen molar-refractivity contribution in [3.05, 3.63) is 41.2 Å². The highest BCUT2D eigenvalue weighted by Crippen LogP contribution is 2.14. The van der Waals surface area contributed by atoms with Gasteiger partial charge in [0.2, 0.25) is 6.54 Å². The van der Waals surface area contributed by atoms with Gasteiger partial charge in [-0.05, 0) is 19.1 Å². The minimum Gasteiger partial charge on any atom is -0.317 e. The second-order valence-electron chi connectivity index (χ2n) is 3.82. The predicted octanol–water partition coefficient (Wildman–Crippen LogP) is 2.35. The van der Waals surface area contributed by atoms with Gasteiger partial charge in [0.05, 0.1) is 17.9 Å². The zero-order chi connectivity index (χ0) is 13.6. The van der Waals surface area contributed by atoms with Crippen LogP contribution in [0.3, 0.4) is 0 Å². The Morgan fingerprint density at radius 1 is 1.39 bits per heavy atom. The number of alkyl halides is 1. The lowest BCUT2D eigenvalue weighted by Gasteiger charge is -2.07. The molecule has 0 bridgehead atoms. The maximum Gasteiger partial charge on any atom is 0.297 e. The first-order valence-electron chi connectivity index (χ1n) is 5.39. The summed E-state index contributed by atoms with van der Waals surface area (Å²) in [5.74, 6) is 0. The van der Waals surface area contributed by atoms with Crippen LogP contribution in [-0.2, 0) is 14.3 Å². The summed E-state index contributed by atoms with van der Waals surface area (Å²) in [4.78, 5) is 3.00. The molecule has 0 N–H and O–H groups in total. The summed E-state index contributed by atoms with van der Waals surface area (Å²) >= 11 is 0. The van der Waals surface area contributed by atoms with Crippen molar-refractivity contribution in [1.29, 1.82) is 0 Å². The van der Waals surface area contributed by atoms with Crippen molar-refractivity contribution in [1.82, 2.24) is 0 Å². The van der Waals surface area contributed by atoms with E-state index < -0.39 is 22.9 Å². The topological polar surface area (TPSA) is 47.7 Å². The third-order valence-corrected chi connectivity index (χ3v) is 3.56. The van der Waals surface area contributed by atoms with E-state index in [2.05, 4.69) is 9.03 Å². The number of hydrogen-bond donors (Lipinski definition) is 0. The average Bonchev–Trinajstić information content (AvgIpc) is 2.34. The third kappa shape index (κ3) is 4.43. The highest BCUT2D eigenvalue weighted by atomic mass is 32.2. The molecule has 0 saturated heterocycles. The molecule has 0 aromatic heterocycles. The molecule has 0 aliphatic rings. The standard InChI is InChI=1S/C12H14FNO3S/c1-10-3-5-12(6-4-10)18(15,16)17-9-11(13)7-8-14-2/h3-6,11H,7-9H2,1H3/t11-/m1/s1. The van der Waals surface area contributed by atoms with Crippen LogP contribution in [0.15, 0.2) is 29.2 Å². The lowest BCUT2D eigenvalue weighted by molar-refractivity contribution is 0.195. The summed E-state index contributed by atoms with van der Waals surface area (Å²) in [5.41, 5.74) is 0.925. The second-order valence-corrected chi connectivity index (χ2v) is 5.43. The Kier molecular flexibility index (Phi) is 5.25. The van der Waals surface area contributed by atoms with Gasteiger partial charge in [0.25, 0.3) is 10.1 Å². The molecule has 1 aromatic carbocycles. The first kappa shape index (κ1) is 14.6. The van der Waals surface area contributed by atoms with E-state index in [9.17, 15) is 12.8 Å². The number of rotatable bonds is 6. The molecule has 0 aliphatic heterocycles. The number of hydrogen-bond acceptors (Lipinski definition) is 3. The first-order valence-corrected chi connectivity index (χ1v) is 6.80. The van der Waals surface area contributed by atoms with Gasteiger partial charge in [0, 0.05) is 0 Å². The van der Waals surface area contributed by atoms with Crippen molar-refractivity contribution in [2.75, 3.05) is 13.2 Å². The van der Waals surface area contributed by atoms with Gasteiger partial charge in [-0.3, -0.25) is 4.18 Å². The summed E-state index contributed by atoms with van der Waals surface area (Å²) in [7, 11) is -3.91. The smallest absolute Gasteiger partial charge is 0.297 e. The van der Waals surface area contributed by atoms with Crippen LogP contribution in [0.5, 0.6) is 0 Å². The number of nitrogens with zero attached hydrogens (tertiary/aromatic N) is 1. The van der Waals surface area contributed by atoms with Crippen LogP contribution in [-0.4, -0.2) is 27.7 Å². The lowest BCUT2D eigenvalue weighted by Crippen LogP contribution is -2.16. The van der Waals surface area contributed by atoms with E-state index in [-0.39, 0.29) is 17.9 Å². The summed E-state index contributed by atoms with van der Waals surface area (Å²) in [5, 5.41) is 0. The van der Waals surface area contributed by atoms with Gasteiger partial charge in [-0.15, -0.1) is 0 Å². The van der Waals surface area contributed by atoms with Crippen LogP contribution < -0.4 is 0 Å². The number of aryl methyl sites for hydroxylation is 1. The summed E-state index contributed by atoms with van der Waals surface area (Å²) in [6.07, 6.45) is -1.47. The van der Waals surface area contributed by atoms with Crippen LogP contribution in [0.25, 0.3) is 4.85 Å². The van der Waals surface area contributed by atoms with Gasteiger partial charge in [0.1, 0.15) is 6.17 Å². The minimum atomic E-state index is -3.91. The van der Waals surface area contributed by atoms with Gasteiger partial charge >= 0.3 is 0 Å². The molecule has 0 fully saturated rings. The van der Waals surface area contributed by atoms with Crippen molar-refractivity contribution in [3.63, 3.8) is 0 Å². The molecule has 1 atom stereocenters. The Morgan fingerprint density at radius 2 is 2.00 bits per heavy atom. The average molecular weight is 271 g/mol.